The maximum absolute atomic E-state index is 12.3. The van der Waals surface area contributed by atoms with Crippen molar-refractivity contribution in [1.29, 1.82) is 0 Å². The molecule has 0 fully saturated rings. The Hall–Kier alpha value is -7.42. The lowest BCUT2D eigenvalue weighted by molar-refractivity contribution is 0.0887. The van der Waals surface area contributed by atoms with Crippen molar-refractivity contribution >= 4 is 11.8 Å². The summed E-state index contributed by atoms with van der Waals surface area (Å²) in [7, 11) is 0. The maximum Gasteiger partial charge on any atom is 0.232 e. The van der Waals surface area contributed by atoms with Crippen LogP contribution in [0.1, 0.15) is 129 Å². The lowest BCUT2D eigenvalue weighted by Gasteiger charge is -2.27. The number of benzene rings is 4. The summed E-state index contributed by atoms with van der Waals surface area (Å²) in [5.41, 5.74) is 5.58. The molecule has 0 aliphatic carbocycles. The van der Waals surface area contributed by atoms with Gasteiger partial charge in [0.2, 0.25) is 11.8 Å². The molecule has 2 unspecified atom stereocenters. The molecular formula is C62H76N8O6. The van der Waals surface area contributed by atoms with Gasteiger partial charge in [0.05, 0.1) is 24.5 Å². The summed E-state index contributed by atoms with van der Waals surface area (Å²) in [5.74, 6) is 5.03. The van der Waals surface area contributed by atoms with Crippen molar-refractivity contribution in [2.75, 3.05) is 13.2 Å². The molecule has 14 nitrogen and oxygen atoms in total. The fraction of sp³-hybridized carbons (Fsp3) is 0.387. The predicted molar refractivity (Wildman–Crippen MR) is 299 cm³/mol. The standard InChI is InChI=1S/C39H40N4O4.C23H36N4O2/c1-39(2,31-15-9-17-35(23-31)46-27-33(44)25-42-21-19-40-37(42)29-11-5-3-6-12-29)32-16-10-18-36(24-32)47-28-34(45)26-43-22-20-41-38(43)30-13-7-4-8-14-30;1-5-20-24-18(3)16-26(20)22(28)14-12-10-8-7-9-11-13-15-23(29)27-17-19(4)25-21(27)6-2/h3-24,33-34,44-45H,25-28H2,1-2H3;16-17H,5-15H2,1-4H3. The van der Waals surface area contributed by atoms with Crippen LogP contribution in [0, 0.1) is 13.8 Å². The molecule has 0 spiro atoms. The minimum atomic E-state index is -0.716. The average Bonchev–Trinajstić information content (AvgIpc) is 4.27. The minimum absolute atomic E-state index is 0.147. The van der Waals surface area contributed by atoms with Gasteiger partial charge in [-0.25, -0.2) is 19.9 Å². The van der Waals surface area contributed by atoms with Gasteiger partial charge in [0.15, 0.2) is 0 Å². The Labute approximate surface area is 448 Å². The summed E-state index contributed by atoms with van der Waals surface area (Å²) in [6, 6.07) is 35.8. The van der Waals surface area contributed by atoms with Gasteiger partial charge in [-0.2, -0.15) is 0 Å². The van der Waals surface area contributed by atoms with Gasteiger partial charge in [0.25, 0.3) is 0 Å². The third kappa shape index (κ3) is 15.8. The molecule has 14 heteroatoms. The number of aliphatic hydroxyl groups is 2. The van der Waals surface area contributed by atoms with Crippen LogP contribution in [0.2, 0.25) is 0 Å². The van der Waals surface area contributed by atoms with E-state index < -0.39 is 12.2 Å². The molecule has 0 saturated heterocycles. The highest BCUT2D eigenvalue weighted by atomic mass is 16.5. The van der Waals surface area contributed by atoms with Crippen molar-refractivity contribution in [2.45, 2.75) is 143 Å². The monoisotopic (exact) mass is 1030 g/mol. The number of rotatable bonds is 26. The molecule has 4 aromatic carbocycles. The Morgan fingerprint density at radius 2 is 0.947 bits per heavy atom. The lowest BCUT2D eigenvalue weighted by Crippen LogP contribution is -2.24. The van der Waals surface area contributed by atoms with E-state index in [0.717, 1.165) is 115 Å². The summed E-state index contributed by atoms with van der Waals surface area (Å²) in [5, 5.41) is 21.6. The van der Waals surface area contributed by atoms with Crippen molar-refractivity contribution in [3.05, 3.63) is 181 Å². The Morgan fingerprint density at radius 1 is 0.553 bits per heavy atom. The summed E-state index contributed by atoms with van der Waals surface area (Å²) in [6.07, 6.45) is 19.7. The van der Waals surface area contributed by atoms with E-state index in [1.54, 1.807) is 21.5 Å². The van der Waals surface area contributed by atoms with Crippen LogP contribution >= 0.6 is 0 Å². The first kappa shape index (κ1) is 56.3. The van der Waals surface area contributed by atoms with Gasteiger partial charge in [0.1, 0.15) is 60.2 Å². The van der Waals surface area contributed by atoms with Crippen molar-refractivity contribution in [3.63, 3.8) is 0 Å². The fourth-order valence-electron chi connectivity index (χ4n) is 9.37. The lowest BCUT2D eigenvalue weighted by atomic mass is 9.78. The molecule has 400 valence electrons. The number of unbranched alkanes of at least 4 members (excludes halogenated alkanes) is 6. The normalized spacial score (nSPS) is 12.2. The second kappa shape index (κ2) is 27.9. The fourth-order valence-corrected chi connectivity index (χ4v) is 9.37. The Bertz CT molecular complexity index is 2840. The zero-order valence-corrected chi connectivity index (χ0v) is 45.2. The highest BCUT2D eigenvalue weighted by Crippen LogP contribution is 2.35. The van der Waals surface area contributed by atoms with E-state index in [4.69, 9.17) is 9.47 Å². The molecule has 0 aliphatic rings. The average molecular weight is 1030 g/mol. The van der Waals surface area contributed by atoms with Crippen LogP contribution < -0.4 is 9.47 Å². The quantitative estimate of drug-likeness (QED) is 0.0499. The first-order valence-corrected chi connectivity index (χ1v) is 26.9. The van der Waals surface area contributed by atoms with Crippen LogP contribution in [0.3, 0.4) is 0 Å². The number of carbonyl (C=O) groups excluding carboxylic acids is 2. The van der Waals surface area contributed by atoms with Crippen LogP contribution in [0.4, 0.5) is 0 Å². The molecule has 0 bridgehead atoms. The molecule has 76 heavy (non-hydrogen) atoms. The highest BCUT2D eigenvalue weighted by Gasteiger charge is 2.25. The Morgan fingerprint density at radius 3 is 1.34 bits per heavy atom. The summed E-state index contributed by atoms with van der Waals surface area (Å²) < 4.78 is 19.4. The summed E-state index contributed by atoms with van der Waals surface area (Å²) in [6.45, 7) is 13.2. The molecule has 8 rings (SSSR count). The molecule has 4 aromatic heterocycles. The van der Waals surface area contributed by atoms with Gasteiger partial charge < -0.3 is 28.8 Å². The molecule has 2 N–H and O–H groups in total. The van der Waals surface area contributed by atoms with E-state index in [-0.39, 0.29) is 30.4 Å². The number of carbonyl (C=O) groups is 2. The SMILES string of the molecule is CC(C)(c1cccc(OCC(O)Cn2ccnc2-c2ccccc2)c1)c1cccc(OCC(O)Cn2ccnc2-c2ccccc2)c1.CCc1nc(C)cn1C(=O)CCCCCCCCCC(=O)n1cc(C)nc1CC. The second-order valence-corrected chi connectivity index (χ2v) is 20.0. The Balaban J connectivity index is 0.000000249. The van der Waals surface area contributed by atoms with E-state index in [1.807, 2.05) is 159 Å². The Kier molecular flexibility index (Phi) is 20.7. The van der Waals surface area contributed by atoms with Gasteiger partial charge in [-0.05, 0) is 62.1 Å². The molecular weight excluding hydrogens is 953 g/mol. The highest BCUT2D eigenvalue weighted by molar-refractivity contribution is 5.80. The van der Waals surface area contributed by atoms with Crippen LogP contribution in [0.25, 0.3) is 22.8 Å². The number of ether oxygens (including phenoxy) is 2. The third-order valence-corrected chi connectivity index (χ3v) is 13.6. The van der Waals surface area contributed by atoms with Crippen LogP contribution in [0.15, 0.2) is 146 Å². The van der Waals surface area contributed by atoms with E-state index in [9.17, 15) is 19.8 Å². The first-order chi connectivity index (χ1) is 36.8. The number of aryl methyl sites for hydroxylation is 4. The molecule has 0 radical (unpaired) electrons. The molecule has 0 amide bonds. The van der Waals surface area contributed by atoms with Crippen molar-refractivity contribution in [3.8, 4) is 34.3 Å². The van der Waals surface area contributed by atoms with Crippen molar-refractivity contribution in [1.82, 2.24) is 38.2 Å². The first-order valence-electron chi connectivity index (χ1n) is 26.9. The van der Waals surface area contributed by atoms with E-state index >= 15 is 0 Å². The second-order valence-electron chi connectivity index (χ2n) is 20.0. The number of hydrogen-bond donors (Lipinski definition) is 2. The smallest absolute Gasteiger partial charge is 0.232 e. The van der Waals surface area contributed by atoms with Crippen LogP contribution in [-0.2, 0) is 31.3 Å². The molecule has 2 atom stereocenters. The zero-order chi connectivity index (χ0) is 53.9. The van der Waals surface area contributed by atoms with Crippen LogP contribution in [0.5, 0.6) is 11.5 Å². The largest absolute Gasteiger partial charge is 0.491 e. The van der Waals surface area contributed by atoms with Gasteiger partial charge in [-0.3, -0.25) is 18.7 Å². The zero-order valence-electron chi connectivity index (χ0n) is 45.2. The van der Waals surface area contributed by atoms with E-state index in [0.29, 0.717) is 37.4 Å². The molecule has 8 aromatic rings. The number of aliphatic hydroxyl groups excluding tert-OH is 2. The molecule has 0 saturated carbocycles. The van der Waals surface area contributed by atoms with Gasteiger partial charge in [-0.1, -0.05) is 145 Å². The topological polar surface area (TPSA) is 164 Å². The van der Waals surface area contributed by atoms with E-state index in [2.05, 4.69) is 45.9 Å². The predicted octanol–water partition coefficient (Wildman–Crippen LogP) is 11.9. The summed E-state index contributed by atoms with van der Waals surface area (Å²) in [4.78, 5) is 42.4. The van der Waals surface area contributed by atoms with Gasteiger partial charge >= 0.3 is 0 Å². The summed E-state index contributed by atoms with van der Waals surface area (Å²) >= 11 is 0. The number of nitrogens with zero attached hydrogens (tertiary/aromatic N) is 8. The molecule has 0 aliphatic heterocycles. The minimum Gasteiger partial charge on any atom is -0.491 e. The van der Waals surface area contributed by atoms with E-state index in [1.165, 1.54) is 0 Å². The molecule has 4 heterocycles. The van der Waals surface area contributed by atoms with Crippen molar-refractivity contribution in [2.24, 2.45) is 0 Å². The van der Waals surface area contributed by atoms with Gasteiger partial charge in [0, 0.05) is 79.4 Å². The number of imidazole rings is 4. The number of aromatic nitrogens is 8. The third-order valence-electron chi connectivity index (χ3n) is 13.6. The maximum atomic E-state index is 12.3. The van der Waals surface area contributed by atoms with Gasteiger partial charge in [-0.15, -0.1) is 0 Å². The van der Waals surface area contributed by atoms with Crippen molar-refractivity contribution < 1.29 is 29.3 Å². The van der Waals surface area contributed by atoms with Crippen LogP contribution in [-0.4, -0.2) is 85.7 Å². The number of hydrogen-bond acceptors (Lipinski definition) is 10.